The number of carbonyl (C=O) groups excluding carboxylic acids is 1. The highest BCUT2D eigenvalue weighted by molar-refractivity contribution is 7.09. The lowest BCUT2D eigenvalue weighted by molar-refractivity contribution is -0.155. The Morgan fingerprint density at radius 2 is 2.28 bits per heavy atom. The van der Waals surface area contributed by atoms with Gasteiger partial charge in [0, 0.05) is 24.0 Å². The first kappa shape index (κ1) is 15.1. The lowest BCUT2D eigenvalue weighted by Crippen LogP contribution is -2.42. The molecular weight excluding hydrogens is 248 g/mol. The third-order valence-corrected chi connectivity index (χ3v) is 3.95. The molecule has 0 aromatic carbocycles. The zero-order chi connectivity index (χ0) is 13.6. The summed E-state index contributed by atoms with van der Waals surface area (Å²) in [6.07, 6.45) is 2.22. The van der Waals surface area contributed by atoms with Gasteiger partial charge in [0.05, 0.1) is 17.0 Å². The van der Waals surface area contributed by atoms with E-state index in [0.717, 1.165) is 23.5 Å². The van der Waals surface area contributed by atoms with Crippen molar-refractivity contribution in [2.75, 3.05) is 13.2 Å². The molecule has 0 saturated carbocycles. The molecule has 0 aliphatic carbocycles. The molecule has 18 heavy (non-hydrogen) atoms. The van der Waals surface area contributed by atoms with E-state index in [2.05, 4.69) is 11.9 Å². The summed E-state index contributed by atoms with van der Waals surface area (Å²) < 4.78 is 5.19. The predicted octanol–water partition coefficient (Wildman–Crippen LogP) is 2.30. The van der Waals surface area contributed by atoms with E-state index in [0.29, 0.717) is 19.6 Å². The van der Waals surface area contributed by atoms with Crippen LogP contribution in [0.25, 0.3) is 0 Å². The van der Waals surface area contributed by atoms with Crippen LogP contribution >= 0.6 is 11.3 Å². The molecule has 2 N–H and O–H groups in total. The van der Waals surface area contributed by atoms with E-state index in [1.165, 1.54) is 0 Å². The standard InChI is InChI=1S/C13H22N2O2S/c1-4-6-13(9-14,12(16)17-5-2)7-11-15-10(3)8-18-11/h8H,4-7,9,14H2,1-3H3. The molecule has 0 spiro atoms. The van der Waals surface area contributed by atoms with Gasteiger partial charge >= 0.3 is 5.97 Å². The third-order valence-electron chi connectivity index (χ3n) is 2.98. The van der Waals surface area contributed by atoms with Crippen molar-refractivity contribution in [2.45, 2.75) is 40.0 Å². The summed E-state index contributed by atoms with van der Waals surface area (Å²) in [4.78, 5) is 16.6. The van der Waals surface area contributed by atoms with Crippen LogP contribution in [-0.4, -0.2) is 24.1 Å². The van der Waals surface area contributed by atoms with Gasteiger partial charge in [0.1, 0.15) is 0 Å². The first-order valence-corrected chi connectivity index (χ1v) is 7.24. The summed E-state index contributed by atoms with van der Waals surface area (Å²) in [6, 6.07) is 0. The molecule has 5 heteroatoms. The molecule has 1 aromatic rings. The zero-order valence-corrected chi connectivity index (χ0v) is 12.2. The van der Waals surface area contributed by atoms with Crippen LogP contribution in [0.4, 0.5) is 0 Å². The van der Waals surface area contributed by atoms with Gasteiger partial charge in [-0.25, -0.2) is 4.98 Å². The number of nitrogens with zero attached hydrogens (tertiary/aromatic N) is 1. The topological polar surface area (TPSA) is 65.2 Å². The van der Waals surface area contributed by atoms with E-state index in [-0.39, 0.29) is 5.97 Å². The van der Waals surface area contributed by atoms with E-state index in [9.17, 15) is 4.79 Å². The normalized spacial score (nSPS) is 14.2. The van der Waals surface area contributed by atoms with E-state index < -0.39 is 5.41 Å². The lowest BCUT2D eigenvalue weighted by Gasteiger charge is -2.28. The molecule has 0 bridgehead atoms. The van der Waals surface area contributed by atoms with Gasteiger partial charge in [-0.2, -0.15) is 0 Å². The fourth-order valence-corrected chi connectivity index (χ4v) is 2.97. The van der Waals surface area contributed by atoms with Crippen molar-refractivity contribution in [2.24, 2.45) is 11.1 Å². The van der Waals surface area contributed by atoms with Crippen molar-refractivity contribution in [3.63, 3.8) is 0 Å². The maximum Gasteiger partial charge on any atom is 0.313 e. The van der Waals surface area contributed by atoms with E-state index in [1.54, 1.807) is 11.3 Å². The summed E-state index contributed by atoms with van der Waals surface area (Å²) in [5.74, 6) is -0.192. The summed E-state index contributed by atoms with van der Waals surface area (Å²) in [5, 5.41) is 2.95. The highest BCUT2D eigenvalue weighted by Crippen LogP contribution is 2.30. The molecule has 0 fully saturated rings. The Morgan fingerprint density at radius 1 is 1.56 bits per heavy atom. The molecule has 0 radical (unpaired) electrons. The number of nitrogens with two attached hydrogens (primary N) is 1. The Bertz CT molecular complexity index is 392. The second kappa shape index (κ2) is 6.85. The van der Waals surface area contributed by atoms with Gasteiger partial charge in [-0.1, -0.05) is 13.3 Å². The first-order chi connectivity index (χ1) is 8.57. The largest absolute Gasteiger partial charge is 0.466 e. The Hall–Kier alpha value is -0.940. The van der Waals surface area contributed by atoms with Gasteiger partial charge in [-0.05, 0) is 20.3 Å². The van der Waals surface area contributed by atoms with Crippen LogP contribution < -0.4 is 5.73 Å². The summed E-state index contributed by atoms with van der Waals surface area (Å²) in [6.45, 7) is 6.52. The number of ether oxygens (including phenoxy) is 1. The van der Waals surface area contributed by atoms with Crippen LogP contribution in [0, 0.1) is 12.3 Å². The molecule has 4 nitrogen and oxygen atoms in total. The minimum atomic E-state index is -0.616. The molecule has 1 rings (SSSR count). The van der Waals surface area contributed by atoms with Crippen LogP contribution in [0.15, 0.2) is 5.38 Å². The summed E-state index contributed by atoms with van der Waals surface area (Å²) in [7, 11) is 0. The number of rotatable bonds is 7. The van der Waals surface area contributed by atoms with E-state index in [4.69, 9.17) is 10.5 Å². The van der Waals surface area contributed by atoms with Crippen molar-refractivity contribution in [1.82, 2.24) is 4.98 Å². The van der Waals surface area contributed by atoms with Crippen LogP contribution in [0.3, 0.4) is 0 Å². The minimum absolute atomic E-state index is 0.192. The number of hydrogen-bond acceptors (Lipinski definition) is 5. The van der Waals surface area contributed by atoms with Gasteiger partial charge in [0.2, 0.25) is 0 Å². The Balaban J connectivity index is 2.91. The maximum absolute atomic E-state index is 12.2. The fraction of sp³-hybridized carbons (Fsp3) is 0.692. The molecule has 1 heterocycles. The highest BCUT2D eigenvalue weighted by Gasteiger charge is 2.38. The molecule has 1 aromatic heterocycles. The molecule has 1 atom stereocenters. The Kier molecular flexibility index (Phi) is 5.75. The van der Waals surface area contributed by atoms with Crippen molar-refractivity contribution >= 4 is 17.3 Å². The van der Waals surface area contributed by atoms with Gasteiger partial charge in [0.15, 0.2) is 0 Å². The quantitative estimate of drug-likeness (QED) is 0.772. The van der Waals surface area contributed by atoms with Gasteiger partial charge in [-0.3, -0.25) is 4.79 Å². The minimum Gasteiger partial charge on any atom is -0.466 e. The van der Waals surface area contributed by atoms with Crippen molar-refractivity contribution in [1.29, 1.82) is 0 Å². The molecule has 102 valence electrons. The van der Waals surface area contributed by atoms with E-state index in [1.807, 2.05) is 19.2 Å². The van der Waals surface area contributed by atoms with Crippen LogP contribution in [0.2, 0.25) is 0 Å². The number of carbonyl (C=O) groups is 1. The van der Waals surface area contributed by atoms with Gasteiger partial charge < -0.3 is 10.5 Å². The summed E-state index contributed by atoms with van der Waals surface area (Å²) in [5.41, 5.74) is 6.23. The molecule has 1 unspecified atom stereocenters. The zero-order valence-electron chi connectivity index (χ0n) is 11.4. The Labute approximate surface area is 113 Å². The number of thiazole rings is 1. The molecular formula is C13H22N2O2S. The Morgan fingerprint density at radius 3 is 2.72 bits per heavy atom. The summed E-state index contributed by atoms with van der Waals surface area (Å²) >= 11 is 1.58. The maximum atomic E-state index is 12.2. The van der Waals surface area contributed by atoms with Crippen molar-refractivity contribution in [3.05, 3.63) is 16.1 Å². The van der Waals surface area contributed by atoms with E-state index >= 15 is 0 Å². The first-order valence-electron chi connectivity index (χ1n) is 6.36. The molecule has 0 saturated heterocycles. The fourth-order valence-electron chi connectivity index (χ4n) is 2.06. The van der Waals surface area contributed by atoms with Crippen molar-refractivity contribution < 1.29 is 9.53 Å². The SMILES string of the molecule is CCCC(CN)(Cc1nc(C)cs1)C(=O)OCC. The average molecular weight is 270 g/mol. The molecule has 0 aliphatic rings. The van der Waals surface area contributed by atoms with Gasteiger partial charge in [-0.15, -0.1) is 11.3 Å². The average Bonchev–Trinajstić information content (AvgIpc) is 2.74. The predicted molar refractivity (Wildman–Crippen MR) is 73.6 cm³/mol. The van der Waals surface area contributed by atoms with Crippen LogP contribution in [-0.2, 0) is 16.0 Å². The molecule has 0 amide bonds. The second-order valence-corrected chi connectivity index (χ2v) is 5.46. The number of aromatic nitrogens is 1. The number of aryl methyl sites for hydroxylation is 1. The second-order valence-electron chi connectivity index (χ2n) is 4.51. The highest BCUT2D eigenvalue weighted by atomic mass is 32.1. The smallest absolute Gasteiger partial charge is 0.313 e. The lowest BCUT2D eigenvalue weighted by atomic mass is 9.80. The van der Waals surface area contributed by atoms with Gasteiger partial charge in [0.25, 0.3) is 0 Å². The van der Waals surface area contributed by atoms with Crippen LogP contribution in [0.5, 0.6) is 0 Å². The van der Waals surface area contributed by atoms with Crippen LogP contribution in [0.1, 0.15) is 37.4 Å². The molecule has 0 aliphatic heterocycles. The third kappa shape index (κ3) is 3.53. The van der Waals surface area contributed by atoms with Crippen molar-refractivity contribution in [3.8, 4) is 0 Å². The number of esters is 1. The monoisotopic (exact) mass is 270 g/mol. The number of hydrogen-bond donors (Lipinski definition) is 1.